The van der Waals surface area contributed by atoms with Crippen molar-refractivity contribution in [1.82, 2.24) is 15.0 Å². The minimum absolute atomic E-state index is 0.0834. The second-order valence-electron chi connectivity index (χ2n) is 30.6. The van der Waals surface area contributed by atoms with Gasteiger partial charge < -0.3 is 57.0 Å². The van der Waals surface area contributed by atoms with Crippen LogP contribution in [0.5, 0.6) is 17.2 Å². The molecular weight excluding hydrogens is 1430 g/mol. The highest BCUT2D eigenvalue weighted by molar-refractivity contribution is 6.10. The van der Waals surface area contributed by atoms with Gasteiger partial charge in [0.25, 0.3) is 0 Å². The SMILES string of the molecule is Cc1c(-c2cc(C(=O)O)c3c(OCC4CCC(C)(OC(F)F)CC4)ccc(C)c3n2)oc2ccccc12.Cc1c(-c2cc(C(=O)O)c3c(OCC4CCC(C)(OCCF)CC4)ccc(C)c3n2)oc2ccccc12.Cc1c(-c2cc(C(=O)O)c3c(OCC4CCC(C)(OCCF)CC4)ccc(C)c3n2)oc2ccccc12. The number of ether oxygens (including phenoxy) is 6. The fourth-order valence-corrected chi connectivity index (χ4v) is 16.0. The fraction of sp³-hybridized carbons (Fsp3) is 0.393. The molecule has 12 aromatic rings. The van der Waals surface area contributed by atoms with Crippen LogP contribution in [0.15, 0.2) is 141 Å². The lowest BCUT2D eigenvalue weighted by atomic mass is 9.80. The van der Waals surface area contributed by atoms with Crippen LogP contribution in [0.1, 0.15) is 162 Å². The molecule has 6 aromatic carbocycles. The minimum atomic E-state index is -2.79. The lowest BCUT2D eigenvalue weighted by Crippen LogP contribution is -2.36. The molecule has 3 aliphatic carbocycles. The lowest BCUT2D eigenvalue weighted by molar-refractivity contribution is -0.214. The van der Waals surface area contributed by atoms with Gasteiger partial charge in [-0.3, -0.25) is 0 Å². The molecule has 0 saturated heterocycles. The highest BCUT2D eigenvalue weighted by Gasteiger charge is 2.37. The van der Waals surface area contributed by atoms with Crippen molar-refractivity contribution in [2.24, 2.45) is 17.8 Å². The summed E-state index contributed by atoms with van der Waals surface area (Å²) in [5.74, 6) is 0.749. The number of aromatic nitrogens is 3. The van der Waals surface area contributed by atoms with Gasteiger partial charge in [0.2, 0.25) is 0 Å². The van der Waals surface area contributed by atoms with Crippen LogP contribution >= 0.6 is 0 Å². The Morgan fingerprint density at radius 1 is 0.432 bits per heavy atom. The third-order valence-electron chi connectivity index (χ3n) is 22.6. The summed E-state index contributed by atoms with van der Waals surface area (Å²) in [6.07, 6.45) is 9.42. The summed E-state index contributed by atoms with van der Waals surface area (Å²) in [6.45, 7) is 15.2. The summed E-state index contributed by atoms with van der Waals surface area (Å²) >= 11 is 0. The predicted octanol–water partition coefficient (Wildman–Crippen LogP) is 22.1. The molecule has 0 spiro atoms. The molecule has 3 aliphatic rings. The molecule has 3 saturated carbocycles. The van der Waals surface area contributed by atoms with E-state index in [0.29, 0.717) is 147 Å². The molecule has 0 atom stereocenters. The van der Waals surface area contributed by atoms with E-state index in [4.69, 9.17) is 56.6 Å². The standard InChI is InChI=1S/2C30H32FNO5.C29H29F2NO5/c2*1-18-8-9-25(35-17-20-10-12-30(3,13-11-20)36-15-14-31)26-22(29(33)34)16-23(32-27(18)26)28-19(2)21-6-4-5-7-24(21)37-28;1-16-8-9-23(35-15-18-10-12-29(3,13-11-18)37-28(30)31)24-20(27(33)34)14-21(32-25(16)24)26-17(2)19-6-4-5-7-22(19)36-26/h2*4-9,16,20H,10-15,17H2,1-3H3,(H,33,34);4-9,14,18,28H,10-13,15H2,1-3H3,(H,33,34). The number of furan rings is 3. The van der Waals surface area contributed by atoms with Crippen LogP contribution in [0, 0.1) is 59.3 Å². The molecule has 0 bridgehead atoms. The van der Waals surface area contributed by atoms with Gasteiger partial charge in [0.15, 0.2) is 17.3 Å². The molecule has 3 fully saturated rings. The van der Waals surface area contributed by atoms with Gasteiger partial charge in [-0.25, -0.2) is 38.1 Å². The average Bonchev–Trinajstić information content (AvgIpc) is 1.75. The number of para-hydroxylation sites is 3. The van der Waals surface area contributed by atoms with Crippen LogP contribution in [0.25, 0.3) is 100.0 Å². The number of carbonyl (C=O) groups is 3. The third kappa shape index (κ3) is 17.1. The maximum Gasteiger partial charge on any atom is 0.345 e. The van der Waals surface area contributed by atoms with E-state index in [9.17, 15) is 47.3 Å². The molecule has 0 radical (unpaired) electrons. The van der Waals surface area contributed by atoms with Crippen molar-refractivity contribution >= 4 is 83.5 Å². The van der Waals surface area contributed by atoms with Gasteiger partial charge >= 0.3 is 24.5 Å². The molecular formula is C89H93F4N3O15. The van der Waals surface area contributed by atoms with Crippen molar-refractivity contribution in [3.8, 4) is 51.6 Å². The van der Waals surface area contributed by atoms with Crippen LogP contribution in [-0.2, 0) is 14.2 Å². The number of hydrogen-bond donors (Lipinski definition) is 3. The Balaban J connectivity index is 0.000000146. The number of halogens is 4. The zero-order chi connectivity index (χ0) is 78.6. The maximum atomic E-state index is 12.7. The summed E-state index contributed by atoms with van der Waals surface area (Å²) < 4.78 is 104. The summed E-state index contributed by atoms with van der Waals surface area (Å²) in [5, 5.41) is 34.8. The first-order chi connectivity index (χ1) is 53.2. The second kappa shape index (κ2) is 33.3. The molecule has 22 heteroatoms. The fourth-order valence-electron chi connectivity index (χ4n) is 16.0. The predicted molar refractivity (Wildman–Crippen MR) is 419 cm³/mol. The number of rotatable bonds is 23. The smallest absolute Gasteiger partial charge is 0.345 e. The topological polar surface area (TPSA) is 245 Å². The first-order valence-corrected chi connectivity index (χ1v) is 38.0. The molecule has 18 nitrogen and oxygen atoms in total. The molecule has 582 valence electrons. The Morgan fingerprint density at radius 3 is 0.973 bits per heavy atom. The van der Waals surface area contributed by atoms with E-state index in [2.05, 4.69) is 0 Å². The van der Waals surface area contributed by atoms with Crippen molar-refractivity contribution in [1.29, 1.82) is 0 Å². The Labute approximate surface area is 640 Å². The number of aryl methyl sites for hydroxylation is 6. The molecule has 15 rings (SSSR count). The number of fused-ring (bicyclic) bond motifs is 6. The summed E-state index contributed by atoms with van der Waals surface area (Å²) in [5.41, 5.74) is 9.54. The van der Waals surface area contributed by atoms with Crippen LogP contribution in [0.4, 0.5) is 17.6 Å². The first-order valence-electron chi connectivity index (χ1n) is 38.0. The van der Waals surface area contributed by atoms with Crippen molar-refractivity contribution in [2.45, 2.75) is 163 Å². The van der Waals surface area contributed by atoms with Crippen molar-refractivity contribution in [3.05, 3.63) is 177 Å². The van der Waals surface area contributed by atoms with Gasteiger partial charge in [0.1, 0.15) is 64.4 Å². The largest absolute Gasteiger partial charge is 0.493 e. The number of carboxylic acids is 3. The molecule has 0 amide bonds. The number of carboxylic acid groups (broad SMARTS) is 3. The normalized spacial score (nSPS) is 20.0. The van der Waals surface area contributed by atoms with Crippen LogP contribution in [0.2, 0.25) is 0 Å². The molecule has 6 heterocycles. The van der Waals surface area contributed by atoms with Gasteiger partial charge in [-0.05, 0) is 228 Å². The van der Waals surface area contributed by atoms with Crippen LogP contribution in [0.3, 0.4) is 0 Å². The number of nitrogens with zero attached hydrogens (tertiary/aromatic N) is 3. The molecule has 111 heavy (non-hydrogen) atoms. The Kier molecular flexibility index (Phi) is 23.6. The van der Waals surface area contributed by atoms with E-state index in [1.165, 1.54) is 6.07 Å². The van der Waals surface area contributed by atoms with Crippen LogP contribution in [-0.4, -0.2) is 118 Å². The zero-order valence-corrected chi connectivity index (χ0v) is 64.0. The van der Waals surface area contributed by atoms with Crippen LogP contribution < -0.4 is 14.2 Å². The Morgan fingerprint density at radius 2 is 0.712 bits per heavy atom. The zero-order valence-electron chi connectivity index (χ0n) is 64.0. The summed E-state index contributed by atoms with van der Waals surface area (Å²) in [6, 6.07) is 38.9. The molecule has 0 unspecified atom stereocenters. The third-order valence-corrected chi connectivity index (χ3v) is 22.6. The number of hydrogen-bond acceptors (Lipinski definition) is 15. The van der Waals surface area contributed by atoms with E-state index in [1.54, 1.807) is 25.1 Å². The summed E-state index contributed by atoms with van der Waals surface area (Å²) in [4.78, 5) is 51.8. The van der Waals surface area contributed by atoms with E-state index in [-0.39, 0.29) is 47.0 Å². The number of alkyl halides is 4. The monoisotopic (exact) mass is 1520 g/mol. The second-order valence-corrected chi connectivity index (χ2v) is 30.6. The van der Waals surface area contributed by atoms with E-state index >= 15 is 0 Å². The summed E-state index contributed by atoms with van der Waals surface area (Å²) in [7, 11) is 0. The van der Waals surface area contributed by atoms with Gasteiger partial charge in [0.05, 0.1) is 99.2 Å². The maximum absolute atomic E-state index is 12.7. The molecule has 0 aliphatic heterocycles. The number of pyridine rings is 3. The number of aromatic carboxylic acids is 3. The van der Waals surface area contributed by atoms with Crippen molar-refractivity contribution < 1.29 is 88.9 Å². The minimum Gasteiger partial charge on any atom is -0.493 e. The van der Waals surface area contributed by atoms with Gasteiger partial charge in [0, 0.05) is 32.8 Å². The average molecular weight is 1520 g/mol. The Hall–Kier alpha value is -10.4. The van der Waals surface area contributed by atoms with E-state index < -0.39 is 43.5 Å². The molecule has 6 aromatic heterocycles. The Bertz CT molecular complexity index is 5210. The van der Waals surface area contributed by atoms with Gasteiger partial charge in [-0.1, -0.05) is 72.8 Å². The quantitative estimate of drug-likeness (QED) is 0.0504. The number of benzene rings is 6. The van der Waals surface area contributed by atoms with Crippen molar-refractivity contribution in [2.75, 3.05) is 46.4 Å². The van der Waals surface area contributed by atoms with E-state index in [0.717, 1.165) is 112 Å². The first kappa shape index (κ1) is 78.7. The van der Waals surface area contributed by atoms with Crippen molar-refractivity contribution in [3.63, 3.8) is 0 Å². The van der Waals surface area contributed by atoms with E-state index in [1.807, 2.05) is 159 Å². The van der Waals surface area contributed by atoms with Gasteiger partial charge in [-0.2, -0.15) is 8.78 Å². The lowest BCUT2D eigenvalue weighted by Gasteiger charge is -2.37. The highest BCUT2D eigenvalue weighted by Crippen LogP contribution is 2.45. The molecule has 3 N–H and O–H groups in total. The van der Waals surface area contributed by atoms with Gasteiger partial charge in [-0.15, -0.1) is 0 Å². The highest BCUT2D eigenvalue weighted by atomic mass is 19.3.